The van der Waals surface area contributed by atoms with E-state index in [-0.39, 0.29) is 11.9 Å². The molecular weight excluding hydrogens is 318 g/mol. The number of rotatable bonds is 5. The second-order valence-electron chi connectivity index (χ2n) is 7.16. The van der Waals surface area contributed by atoms with Crippen LogP contribution in [0.5, 0.6) is 0 Å². The van der Waals surface area contributed by atoms with Crippen molar-refractivity contribution in [3.05, 3.63) is 35.7 Å². The Bertz CT molecular complexity index is 936. The zero-order valence-corrected chi connectivity index (χ0v) is 14.0. The second kappa shape index (κ2) is 5.44. The van der Waals surface area contributed by atoms with Crippen molar-refractivity contribution in [2.24, 2.45) is 5.92 Å². The average molecular weight is 337 g/mol. The zero-order chi connectivity index (χ0) is 17.0. The second-order valence-corrected chi connectivity index (χ2v) is 7.16. The normalized spacial score (nSPS) is 18.4. The van der Waals surface area contributed by atoms with Gasteiger partial charge in [-0.25, -0.2) is 4.98 Å². The molecule has 0 bridgehead atoms. The van der Waals surface area contributed by atoms with Gasteiger partial charge < -0.3 is 14.3 Å². The molecule has 3 heterocycles. The van der Waals surface area contributed by atoms with Gasteiger partial charge >= 0.3 is 0 Å². The summed E-state index contributed by atoms with van der Waals surface area (Å²) in [5.41, 5.74) is 2.42. The summed E-state index contributed by atoms with van der Waals surface area (Å²) in [4.78, 5) is 17.6. The van der Waals surface area contributed by atoms with Crippen LogP contribution >= 0.6 is 0 Å². The van der Waals surface area contributed by atoms with Gasteiger partial charge in [0.2, 0.25) is 0 Å². The number of hydrogen-bond donors (Lipinski definition) is 1. The first kappa shape index (κ1) is 14.7. The van der Waals surface area contributed by atoms with E-state index in [4.69, 9.17) is 8.94 Å². The van der Waals surface area contributed by atoms with Gasteiger partial charge in [-0.2, -0.15) is 0 Å². The van der Waals surface area contributed by atoms with E-state index in [1.165, 1.54) is 12.8 Å². The summed E-state index contributed by atoms with van der Waals surface area (Å²) in [5.74, 6) is 1.50. The largest absolute Gasteiger partial charge is 0.463 e. The van der Waals surface area contributed by atoms with Crippen LogP contribution in [0.15, 0.2) is 33.4 Å². The number of furan rings is 1. The molecule has 3 aromatic heterocycles. The van der Waals surface area contributed by atoms with E-state index in [0.717, 1.165) is 18.5 Å². The molecule has 0 unspecified atom stereocenters. The first-order valence-electron chi connectivity index (χ1n) is 8.86. The predicted molar refractivity (Wildman–Crippen MR) is 91.1 cm³/mol. The van der Waals surface area contributed by atoms with E-state index >= 15 is 0 Å². The van der Waals surface area contributed by atoms with Gasteiger partial charge in [-0.3, -0.25) is 4.79 Å². The minimum absolute atomic E-state index is 0.0929. The lowest BCUT2D eigenvalue weighted by atomic mass is 10.1. The van der Waals surface area contributed by atoms with Crippen LogP contribution in [0.2, 0.25) is 0 Å². The van der Waals surface area contributed by atoms with Crippen LogP contribution in [0, 0.1) is 5.92 Å². The Labute approximate surface area is 144 Å². The standard InChI is InChI=1S/C19H19N3O3/c1-10(11-4-5-11)20-18(23)13-9-14(12-6-7-12)21-19-16(13)17(22-25-19)15-3-2-8-24-15/h2-3,8-12H,4-7H2,1H3,(H,20,23)/t10-/m1/s1. The van der Waals surface area contributed by atoms with Gasteiger partial charge in [0.1, 0.15) is 0 Å². The van der Waals surface area contributed by atoms with Gasteiger partial charge in [-0.05, 0) is 56.7 Å². The number of amides is 1. The molecule has 128 valence electrons. The first-order chi connectivity index (χ1) is 12.2. The van der Waals surface area contributed by atoms with E-state index in [9.17, 15) is 4.79 Å². The topological polar surface area (TPSA) is 81.2 Å². The van der Waals surface area contributed by atoms with Crippen LogP contribution in [0.1, 0.15) is 54.6 Å². The molecule has 0 aliphatic heterocycles. The molecule has 5 rings (SSSR count). The molecule has 2 saturated carbocycles. The predicted octanol–water partition coefficient (Wildman–Crippen LogP) is 3.89. The Morgan fingerprint density at radius 1 is 1.32 bits per heavy atom. The van der Waals surface area contributed by atoms with E-state index in [1.54, 1.807) is 18.4 Å². The SMILES string of the molecule is C[C@@H](NC(=O)c1cc(C2CC2)nc2onc(-c3ccco3)c12)C1CC1. The number of hydrogen-bond acceptors (Lipinski definition) is 5. The molecule has 0 aromatic carbocycles. The molecule has 1 N–H and O–H groups in total. The Hall–Kier alpha value is -2.63. The quantitative estimate of drug-likeness (QED) is 0.764. The Kier molecular flexibility index (Phi) is 3.20. The lowest BCUT2D eigenvalue weighted by Crippen LogP contribution is -2.34. The number of nitrogens with zero attached hydrogens (tertiary/aromatic N) is 2. The lowest BCUT2D eigenvalue weighted by Gasteiger charge is -2.13. The highest BCUT2D eigenvalue weighted by molar-refractivity contribution is 6.09. The minimum Gasteiger partial charge on any atom is -0.463 e. The maximum Gasteiger partial charge on any atom is 0.259 e. The molecule has 25 heavy (non-hydrogen) atoms. The molecule has 2 fully saturated rings. The van der Waals surface area contributed by atoms with Crippen LogP contribution in [-0.2, 0) is 0 Å². The molecular formula is C19H19N3O3. The number of aromatic nitrogens is 2. The van der Waals surface area contributed by atoms with Crippen LogP contribution in [0.3, 0.4) is 0 Å². The first-order valence-corrected chi connectivity index (χ1v) is 8.86. The molecule has 1 amide bonds. The van der Waals surface area contributed by atoms with Crippen molar-refractivity contribution in [3.8, 4) is 11.5 Å². The summed E-state index contributed by atoms with van der Waals surface area (Å²) in [6.07, 6.45) is 6.17. The van der Waals surface area contributed by atoms with Crippen molar-refractivity contribution >= 4 is 17.0 Å². The molecule has 0 spiro atoms. The number of carbonyl (C=O) groups excluding carboxylic acids is 1. The van der Waals surface area contributed by atoms with E-state index in [0.29, 0.717) is 40.0 Å². The van der Waals surface area contributed by atoms with E-state index in [2.05, 4.69) is 22.4 Å². The van der Waals surface area contributed by atoms with E-state index in [1.807, 2.05) is 6.07 Å². The number of fused-ring (bicyclic) bond motifs is 1. The highest BCUT2D eigenvalue weighted by Gasteiger charge is 2.32. The highest BCUT2D eigenvalue weighted by atomic mass is 16.5. The summed E-state index contributed by atoms with van der Waals surface area (Å²) in [6.45, 7) is 2.07. The van der Waals surface area contributed by atoms with Crippen molar-refractivity contribution in [1.82, 2.24) is 15.5 Å². The zero-order valence-electron chi connectivity index (χ0n) is 14.0. The fraction of sp³-hybridized carbons (Fsp3) is 0.421. The number of nitrogens with one attached hydrogen (secondary N) is 1. The summed E-state index contributed by atoms with van der Waals surface area (Å²) in [6, 6.07) is 5.67. The van der Waals surface area contributed by atoms with Crippen molar-refractivity contribution in [2.45, 2.75) is 44.6 Å². The molecule has 6 nitrogen and oxygen atoms in total. The van der Waals surface area contributed by atoms with Crippen molar-refractivity contribution in [1.29, 1.82) is 0 Å². The van der Waals surface area contributed by atoms with Gasteiger partial charge in [-0.15, -0.1) is 0 Å². The molecule has 2 aliphatic carbocycles. The van der Waals surface area contributed by atoms with Gasteiger partial charge in [0, 0.05) is 17.7 Å². The smallest absolute Gasteiger partial charge is 0.259 e. The maximum atomic E-state index is 13.0. The summed E-state index contributed by atoms with van der Waals surface area (Å²) in [5, 5.41) is 7.87. The van der Waals surface area contributed by atoms with Crippen LogP contribution in [-0.4, -0.2) is 22.1 Å². The molecule has 6 heteroatoms. The summed E-state index contributed by atoms with van der Waals surface area (Å²) < 4.78 is 10.9. The number of carbonyl (C=O) groups is 1. The van der Waals surface area contributed by atoms with Crippen molar-refractivity contribution in [2.75, 3.05) is 0 Å². The fourth-order valence-corrected chi connectivity index (χ4v) is 3.32. The Morgan fingerprint density at radius 2 is 2.16 bits per heavy atom. The third-order valence-electron chi connectivity index (χ3n) is 5.15. The van der Waals surface area contributed by atoms with Gasteiger partial charge in [0.25, 0.3) is 11.6 Å². The van der Waals surface area contributed by atoms with Crippen LogP contribution in [0.4, 0.5) is 0 Å². The fourth-order valence-electron chi connectivity index (χ4n) is 3.32. The summed E-state index contributed by atoms with van der Waals surface area (Å²) in [7, 11) is 0. The monoisotopic (exact) mass is 337 g/mol. The van der Waals surface area contributed by atoms with Gasteiger partial charge in [-0.1, -0.05) is 5.16 Å². The van der Waals surface area contributed by atoms with Crippen LogP contribution in [0.25, 0.3) is 22.6 Å². The summed E-state index contributed by atoms with van der Waals surface area (Å²) >= 11 is 0. The third kappa shape index (κ3) is 2.62. The Balaban J connectivity index is 1.62. The lowest BCUT2D eigenvalue weighted by molar-refractivity contribution is 0.0937. The van der Waals surface area contributed by atoms with Crippen LogP contribution < -0.4 is 5.32 Å². The molecule has 1 atom stereocenters. The van der Waals surface area contributed by atoms with Gasteiger partial charge in [0.05, 0.1) is 17.2 Å². The molecule has 0 saturated heterocycles. The van der Waals surface area contributed by atoms with Crippen molar-refractivity contribution < 1.29 is 13.7 Å². The number of pyridine rings is 1. The van der Waals surface area contributed by atoms with Gasteiger partial charge in [0.15, 0.2) is 11.5 Å². The Morgan fingerprint density at radius 3 is 2.84 bits per heavy atom. The third-order valence-corrected chi connectivity index (χ3v) is 5.15. The van der Waals surface area contributed by atoms with Crippen molar-refractivity contribution in [3.63, 3.8) is 0 Å². The maximum absolute atomic E-state index is 13.0. The molecule has 0 radical (unpaired) electrons. The average Bonchev–Trinajstić information content (AvgIpc) is 3.53. The van der Waals surface area contributed by atoms with E-state index < -0.39 is 0 Å². The molecule has 3 aromatic rings. The minimum atomic E-state index is -0.0929. The highest BCUT2D eigenvalue weighted by Crippen LogP contribution is 2.41. The molecule has 2 aliphatic rings.